The van der Waals surface area contributed by atoms with Crippen LogP contribution in [-0.2, 0) is 21.3 Å². The summed E-state index contributed by atoms with van der Waals surface area (Å²) in [7, 11) is -2.06. The van der Waals surface area contributed by atoms with Gasteiger partial charge in [-0.25, -0.2) is 18.5 Å². The molecule has 0 aliphatic heterocycles. The summed E-state index contributed by atoms with van der Waals surface area (Å²) in [4.78, 5) is 4.52. The summed E-state index contributed by atoms with van der Waals surface area (Å²) >= 11 is 0. The SMILES string of the molecule is CCNC(=NCc1cccc(S(N)(=O)=O)c1)NC(C)COC. The van der Waals surface area contributed by atoms with Gasteiger partial charge in [-0.1, -0.05) is 12.1 Å². The average Bonchev–Trinajstić information content (AvgIpc) is 2.45. The number of ether oxygens (including phenoxy) is 1. The van der Waals surface area contributed by atoms with Gasteiger partial charge in [0.15, 0.2) is 5.96 Å². The molecule has 7 nitrogen and oxygen atoms in total. The normalized spacial score (nSPS) is 13.7. The number of rotatable bonds is 7. The Hall–Kier alpha value is -1.64. The second-order valence-corrected chi connectivity index (χ2v) is 6.45. The van der Waals surface area contributed by atoms with E-state index in [2.05, 4.69) is 15.6 Å². The molecular weight excluding hydrogens is 304 g/mol. The zero-order valence-electron chi connectivity index (χ0n) is 13.2. The molecule has 0 aliphatic rings. The number of nitrogens with zero attached hydrogens (tertiary/aromatic N) is 1. The minimum Gasteiger partial charge on any atom is -0.383 e. The quantitative estimate of drug-likeness (QED) is 0.497. The van der Waals surface area contributed by atoms with E-state index < -0.39 is 10.0 Å². The second-order valence-electron chi connectivity index (χ2n) is 4.89. The lowest BCUT2D eigenvalue weighted by Gasteiger charge is -2.17. The monoisotopic (exact) mass is 328 g/mol. The van der Waals surface area contributed by atoms with Crippen LogP contribution in [0.25, 0.3) is 0 Å². The lowest BCUT2D eigenvalue weighted by Crippen LogP contribution is -2.43. The fourth-order valence-electron chi connectivity index (χ4n) is 1.84. The molecule has 4 N–H and O–H groups in total. The highest BCUT2D eigenvalue weighted by Gasteiger charge is 2.08. The molecule has 1 aromatic carbocycles. The van der Waals surface area contributed by atoms with E-state index in [-0.39, 0.29) is 10.9 Å². The Labute approximate surface area is 132 Å². The van der Waals surface area contributed by atoms with Crippen LogP contribution in [-0.4, -0.2) is 40.7 Å². The summed E-state index contributed by atoms with van der Waals surface area (Å²) in [5, 5.41) is 11.5. The molecule has 124 valence electrons. The van der Waals surface area contributed by atoms with Gasteiger partial charge < -0.3 is 15.4 Å². The Morgan fingerprint density at radius 1 is 1.45 bits per heavy atom. The van der Waals surface area contributed by atoms with Gasteiger partial charge in [-0.2, -0.15) is 0 Å². The van der Waals surface area contributed by atoms with Gasteiger partial charge in [0.2, 0.25) is 10.0 Å². The van der Waals surface area contributed by atoms with Gasteiger partial charge in [-0.15, -0.1) is 0 Å². The summed E-state index contributed by atoms with van der Waals surface area (Å²) in [5.74, 6) is 0.646. The van der Waals surface area contributed by atoms with Crippen LogP contribution in [0.2, 0.25) is 0 Å². The molecule has 0 saturated heterocycles. The first-order valence-corrected chi connectivity index (χ1v) is 8.57. The number of aliphatic imine (C=N–C) groups is 1. The summed E-state index contributed by atoms with van der Waals surface area (Å²) in [5.41, 5.74) is 0.767. The number of methoxy groups -OCH3 is 1. The van der Waals surface area contributed by atoms with Crippen molar-refractivity contribution in [1.82, 2.24) is 10.6 Å². The fraction of sp³-hybridized carbons (Fsp3) is 0.500. The highest BCUT2D eigenvalue weighted by molar-refractivity contribution is 7.89. The van der Waals surface area contributed by atoms with E-state index in [9.17, 15) is 8.42 Å². The molecule has 1 rings (SSSR count). The van der Waals surface area contributed by atoms with Crippen molar-refractivity contribution in [1.29, 1.82) is 0 Å². The zero-order valence-corrected chi connectivity index (χ0v) is 14.0. The predicted octanol–water partition coefficient (Wildman–Crippen LogP) is 0.424. The van der Waals surface area contributed by atoms with Gasteiger partial charge in [-0.05, 0) is 31.5 Å². The predicted molar refractivity (Wildman–Crippen MR) is 87.1 cm³/mol. The van der Waals surface area contributed by atoms with Crippen LogP contribution in [0.3, 0.4) is 0 Å². The number of sulfonamides is 1. The van der Waals surface area contributed by atoms with Crippen molar-refractivity contribution in [2.75, 3.05) is 20.3 Å². The van der Waals surface area contributed by atoms with E-state index in [0.29, 0.717) is 19.1 Å². The van der Waals surface area contributed by atoms with Gasteiger partial charge in [0.25, 0.3) is 0 Å². The molecule has 0 amide bonds. The molecule has 0 spiro atoms. The first-order valence-electron chi connectivity index (χ1n) is 7.02. The standard InChI is InChI=1S/C14H24N4O3S/c1-4-16-14(18-11(2)10-21-3)17-9-12-6-5-7-13(8-12)22(15,19)20/h5-8,11H,4,9-10H2,1-3H3,(H2,15,19,20)(H2,16,17,18). The molecule has 8 heteroatoms. The zero-order chi connectivity index (χ0) is 16.6. The minimum absolute atomic E-state index is 0.0888. The summed E-state index contributed by atoms with van der Waals surface area (Å²) in [6.45, 7) is 5.59. The third kappa shape index (κ3) is 6.42. The molecule has 0 radical (unpaired) electrons. The van der Waals surface area contributed by atoms with Gasteiger partial charge in [0.1, 0.15) is 0 Å². The molecule has 1 unspecified atom stereocenters. The van der Waals surface area contributed by atoms with Crippen LogP contribution in [0.5, 0.6) is 0 Å². The van der Waals surface area contributed by atoms with E-state index in [1.54, 1.807) is 19.2 Å². The van der Waals surface area contributed by atoms with Crippen LogP contribution >= 0.6 is 0 Å². The van der Waals surface area contributed by atoms with Gasteiger partial charge >= 0.3 is 0 Å². The topological polar surface area (TPSA) is 106 Å². The van der Waals surface area contributed by atoms with Crippen LogP contribution in [0, 0.1) is 0 Å². The summed E-state index contributed by atoms with van der Waals surface area (Å²) < 4.78 is 27.8. The number of guanidine groups is 1. The maximum Gasteiger partial charge on any atom is 0.238 e. The number of hydrogen-bond donors (Lipinski definition) is 3. The molecule has 1 aromatic rings. The van der Waals surface area contributed by atoms with Gasteiger partial charge in [0.05, 0.1) is 18.0 Å². The molecule has 1 atom stereocenters. The van der Waals surface area contributed by atoms with E-state index in [1.807, 2.05) is 13.8 Å². The van der Waals surface area contributed by atoms with Crippen molar-refractivity contribution < 1.29 is 13.2 Å². The number of nitrogens with one attached hydrogen (secondary N) is 2. The Morgan fingerprint density at radius 2 is 2.18 bits per heavy atom. The van der Waals surface area contributed by atoms with Crippen molar-refractivity contribution in [3.05, 3.63) is 29.8 Å². The largest absolute Gasteiger partial charge is 0.383 e. The van der Waals surface area contributed by atoms with Crippen molar-refractivity contribution >= 4 is 16.0 Å². The van der Waals surface area contributed by atoms with Gasteiger partial charge in [0, 0.05) is 19.7 Å². The maximum absolute atomic E-state index is 11.3. The second kappa shape index (κ2) is 8.72. The maximum atomic E-state index is 11.3. The van der Waals surface area contributed by atoms with Crippen LogP contribution in [0.4, 0.5) is 0 Å². The van der Waals surface area contributed by atoms with Crippen molar-refractivity contribution in [2.45, 2.75) is 31.3 Å². The van der Waals surface area contributed by atoms with Crippen molar-refractivity contribution in [3.63, 3.8) is 0 Å². The van der Waals surface area contributed by atoms with E-state index in [4.69, 9.17) is 9.88 Å². The smallest absolute Gasteiger partial charge is 0.238 e. The van der Waals surface area contributed by atoms with Crippen molar-refractivity contribution in [2.24, 2.45) is 10.1 Å². The Kier molecular flexibility index (Phi) is 7.30. The highest BCUT2D eigenvalue weighted by Crippen LogP contribution is 2.10. The first kappa shape index (κ1) is 18.4. The highest BCUT2D eigenvalue weighted by atomic mass is 32.2. The molecular formula is C14H24N4O3S. The van der Waals surface area contributed by atoms with Gasteiger partial charge in [-0.3, -0.25) is 0 Å². The molecule has 0 heterocycles. The molecule has 0 fully saturated rings. The summed E-state index contributed by atoms with van der Waals surface area (Å²) in [6, 6.07) is 6.56. The number of benzene rings is 1. The first-order chi connectivity index (χ1) is 10.4. The Balaban J connectivity index is 2.82. The molecule has 0 bridgehead atoms. The minimum atomic E-state index is -3.70. The van der Waals surface area contributed by atoms with Crippen LogP contribution < -0.4 is 15.8 Å². The summed E-state index contributed by atoms with van der Waals surface area (Å²) in [6.07, 6.45) is 0. The number of primary sulfonamides is 1. The van der Waals surface area contributed by atoms with E-state index in [0.717, 1.165) is 12.1 Å². The molecule has 0 saturated carbocycles. The van der Waals surface area contributed by atoms with Crippen LogP contribution in [0.15, 0.2) is 34.2 Å². The molecule has 0 aromatic heterocycles. The molecule has 0 aliphatic carbocycles. The van der Waals surface area contributed by atoms with Crippen molar-refractivity contribution in [3.8, 4) is 0 Å². The average molecular weight is 328 g/mol. The lowest BCUT2D eigenvalue weighted by molar-refractivity contribution is 0.179. The van der Waals surface area contributed by atoms with E-state index >= 15 is 0 Å². The Bertz CT molecular complexity index is 602. The van der Waals surface area contributed by atoms with E-state index in [1.165, 1.54) is 12.1 Å². The number of nitrogens with two attached hydrogens (primary N) is 1. The fourth-order valence-corrected chi connectivity index (χ4v) is 2.42. The van der Waals surface area contributed by atoms with Crippen LogP contribution in [0.1, 0.15) is 19.4 Å². The Morgan fingerprint density at radius 3 is 2.77 bits per heavy atom. The lowest BCUT2D eigenvalue weighted by atomic mass is 10.2. The third-order valence-corrected chi connectivity index (χ3v) is 3.70. The third-order valence-electron chi connectivity index (χ3n) is 2.79. The molecule has 22 heavy (non-hydrogen) atoms. The number of hydrogen-bond acceptors (Lipinski definition) is 4.